The SMILES string of the molecule is Cc1nc(C)c([C@H](OC(C)(C)C)C(=O)O)c(N2CCC(C)(C)CC2)c1-c1ccc2c(c1)CCN(c1nnc(-c3ccccc3)cc1C#N)C2. The first-order valence-electron chi connectivity index (χ1n) is 17.1. The molecule has 0 unspecified atom stereocenters. The largest absolute Gasteiger partial charge is 0.479 e. The van der Waals surface area contributed by atoms with Crippen LogP contribution in [0.2, 0.25) is 0 Å². The summed E-state index contributed by atoms with van der Waals surface area (Å²) in [5, 5.41) is 29.6. The molecule has 1 fully saturated rings. The number of pyridine rings is 1. The molecule has 254 valence electrons. The van der Waals surface area contributed by atoms with E-state index >= 15 is 0 Å². The minimum atomic E-state index is -1.16. The number of aromatic nitrogens is 3. The number of aryl methyl sites for hydroxylation is 2. The molecule has 2 aliphatic rings. The van der Waals surface area contributed by atoms with Crippen molar-refractivity contribution in [2.24, 2.45) is 5.41 Å². The maximum atomic E-state index is 12.9. The average Bonchev–Trinajstić information content (AvgIpc) is 3.06. The first-order valence-corrected chi connectivity index (χ1v) is 17.1. The number of nitrogens with zero attached hydrogens (tertiary/aromatic N) is 6. The van der Waals surface area contributed by atoms with Crippen LogP contribution in [0, 0.1) is 30.6 Å². The van der Waals surface area contributed by atoms with Gasteiger partial charge < -0.3 is 19.6 Å². The molecule has 0 aliphatic carbocycles. The predicted molar refractivity (Wildman–Crippen MR) is 193 cm³/mol. The van der Waals surface area contributed by atoms with Crippen LogP contribution in [-0.2, 0) is 22.5 Å². The molecule has 9 heteroatoms. The maximum Gasteiger partial charge on any atom is 0.337 e. The number of nitriles is 1. The van der Waals surface area contributed by atoms with E-state index in [9.17, 15) is 15.2 Å². The molecule has 2 aromatic carbocycles. The Balaban J connectivity index is 1.39. The Morgan fingerprint density at radius 2 is 1.65 bits per heavy atom. The molecule has 1 atom stereocenters. The Bertz CT molecular complexity index is 1920. The van der Waals surface area contributed by atoms with E-state index in [1.807, 2.05) is 71.0 Å². The summed E-state index contributed by atoms with van der Waals surface area (Å²) in [6.45, 7) is 17.1. The third-order valence-electron chi connectivity index (χ3n) is 9.74. The van der Waals surface area contributed by atoms with E-state index in [0.29, 0.717) is 41.4 Å². The quantitative estimate of drug-likeness (QED) is 0.212. The van der Waals surface area contributed by atoms with Crippen LogP contribution in [-0.4, -0.2) is 51.5 Å². The molecular formula is C40H46N6O3. The molecule has 0 saturated carbocycles. The van der Waals surface area contributed by atoms with Gasteiger partial charge in [0.1, 0.15) is 6.07 Å². The van der Waals surface area contributed by atoms with E-state index in [1.54, 1.807) is 0 Å². The number of aliphatic carboxylic acids is 1. The van der Waals surface area contributed by atoms with Crippen molar-refractivity contribution in [1.82, 2.24) is 15.2 Å². The van der Waals surface area contributed by atoms with Crippen LogP contribution >= 0.6 is 0 Å². The number of hydrogen-bond acceptors (Lipinski definition) is 8. The molecule has 4 aromatic rings. The summed E-state index contributed by atoms with van der Waals surface area (Å²) in [4.78, 5) is 22.3. The van der Waals surface area contributed by atoms with Crippen molar-refractivity contribution in [2.75, 3.05) is 29.4 Å². The molecule has 9 nitrogen and oxygen atoms in total. The van der Waals surface area contributed by atoms with E-state index in [4.69, 9.17) is 9.72 Å². The van der Waals surface area contributed by atoms with Gasteiger partial charge in [0.2, 0.25) is 0 Å². The fraction of sp³-hybridized carbons (Fsp3) is 0.425. The fourth-order valence-corrected chi connectivity index (χ4v) is 7.10. The minimum absolute atomic E-state index is 0.220. The molecule has 0 bridgehead atoms. The van der Waals surface area contributed by atoms with Gasteiger partial charge in [-0.2, -0.15) is 5.26 Å². The molecule has 49 heavy (non-hydrogen) atoms. The topological polar surface area (TPSA) is 115 Å². The number of benzene rings is 2. The van der Waals surface area contributed by atoms with Crippen molar-refractivity contribution < 1.29 is 14.6 Å². The molecule has 4 heterocycles. The van der Waals surface area contributed by atoms with Gasteiger partial charge in [-0.15, -0.1) is 10.2 Å². The van der Waals surface area contributed by atoms with Gasteiger partial charge in [-0.25, -0.2) is 4.79 Å². The average molecular weight is 659 g/mol. The van der Waals surface area contributed by atoms with Crippen molar-refractivity contribution in [2.45, 2.75) is 86.0 Å². The standard InChI is InChI=1S/C40H46N6O3/c1-25-33(35(45-19-16-40(6,7)17-20-45)34(26(2)42-25)36(38(47)48)49-39(3,4)5)29-13-14-30-24-46(18-15-28(30)21-29)37-31(23-41)22-32(43-44-37)27-11-9-8-10-12-27/h8-14,21-22,36H,15-20,24H2,1-7H3,(H,47,48)/t36-/m0/s1. The monoisotopic (exact) mass is 658 g/mol. The van der Waals surface area contributed by atoms with Crippen LogP contribution in [0.4, 0.5) is 11.5 Å². The van der Waals surface area contributed by atoms with Crippen molar-refractivity contribution >= 4 is 17.5 Å². The van der Waals surface area contributed by atoms with Crippen LogP contribution < -0.4 is 9.80 Å². The Labute approximate surface area is 289 Å². The van der Waals surface area contributed by atoms with Gasteiger partial charge in [0.05, 0.1) is 22.5 Å². The lowest BCUT2D eigenvalue weighted by atomic mass is 9.81. The molecular weight excluding hydrogens is 612 g/mol. The van der Waals surface area contributed by atoms with Gasteiger partial charge in [0, 0.05) is 54.3 Å². The zero-order valence-electron chi connectivity index (χ0n) is 29.7. The number of piperidine rings is 1. The Hall–Kier alpha value is -4.81. The fourth-order valence-electron chi connectivity index (χ4n) is 7.10. The van der Waals surface area contributed by atoms with Crippen LogP contribution in [0.5, 0.6) is 0 Å². The second kappa shape index (κ2) is 13.2. The molecule has 0 spiro atoms. The Morgan fingerprint density at radius 1 is 0.939 bits per heavy atom. The number of ether oxygens (including phenoxy) is 1. The summed E-state index contributed by atoms with van der Waals surface area (Å²) in [5.41, 5.74) is 9.10. The summed E-state index contributed by atoms with van der Waals surface area (Å²) in [7, 11) is 0. The van der Waals surface area contributed by atoms with E-state index in [0.717, 1.165) is 66.0 Å². The van der Waals surface area contributed by atoms with Gasteiger partial charge in [0.25, 0.3) is 0 Å². The molecule has 0 amide bonds. The van der Waals surface area contributed by atoms with E-state index in [2.05, 4.69) is 58.1 Å². The summed E-state index contributed by atoms with van der Waals surface area (Å²) < 4.78 is 6.26. The lowest BCUT2D eigenvalue weighted by molar-refractivity contribution is -0.160. The highest BCUT2D eigenvalue weighted by molar-refractivity contribution is 5.88. The first-order chi connectivity index (χ1) is 23.2. The smallest absolute Gasteiger partial charge is 0.337 e. The predicted octanol–water partition coefficient (Wildman–Crippen LogP) is 7.82. The molecule has 2 aromatic heterocycles. The number of fused-ring (bicyclic) bond motifs is 1. The highest BCUT2D eigenvalue weighted by Gasteiger charge is 2.37. The van der Waals surface area contributed by atoms with Crippen molar-refractivity contribution in [3.8, 4) is 28.5 Å². The number of rotatable bonds is 7. The van der Waals surface area contributed by atoms with Gasteiger partial charge in [-0.3, -0.25) is 4.98 Å². The normalized spacial score (nSPS) is 16.5. The van der Waals surface area contributed by atoms with Gasteiger partial charge in [-0.1, -0.05) is 62.4 Å². The van der Waals surface area contributed by atoms with Gasteiger partial charge in [-0.05, 0) is 82.1 Å². The number of anilines is 2. The Morgan fingerprint density at radius 3 is 2.31 bits per heavy atom. The molecule has 0 radical (unpaired) electrons. The van der Waals surface area contributed by atoms with E-state index in [-0.39, 0.29) is 5.41 Å². The molecule has 1 saturated heterocycles. The summed E-state index contributed by atoms with van der Waals surface area (Å²) in [5.74, 6) is -0.426. The van der Waals surface area contributed by atoms with Gasteiger partial charge >= 0.3 is 5.97 Å². The van der Waals surface area contributed by atoms with Crippen LogP contribution in [0.3, 0.4) is 0 Å². The van der Waals surface area contributed by atoms with Crippen LogP contribution in [0.15, 0.2) is 54.6 Å². The van der Waals surface area contributed by atoms with E-state index in [1.165, 1.54) is 5.56 Å². The third kappa shape index (κ3) is 7.16. The molecule has 2 aliphatic heterocycles. The lowest BCUT2D eigenvalue weighted by Crippen LogP contribution is -2.39. The van der Waals surface area contributed by atoms with Gasteiger partial charge in [0.15, 0.2) is 11.9 Å². The van der Waals surface area contributed by atoms with Crippen LogP contribution in [0.1, 0.15) is 87.2 Å². The second-order valence-electron chi connectivity index (χ2n) is 15.1. The van der Waals surface area contributed by atoms with Crippen molar-refractivity contribution in [1.29, 1.82) is 5.26 Å². The highest BCUT2D eigenvalue weighted by atomic mass is 16.5. The summed E-state index contributed by atoms with van der Waals surface area (Å²) >= 11 is 0. The summed E-state index contributed by atoms with van der Waals surface area (Å²) in [6, 6.07) is 20.4. The second-order valence-corrected chi connectivity index (χ2v) is 15.1. The maximum absolute atomic E-state index is 12.9. The highest BCUT2D eigenvalue weighted by Crippen LogP contribution is 2.45. The third-order valence-corrected chi connectivity index (χ3v) is 9.74. The van der Waals surface area contributed by atoms with Crippen molar-refractivity contribution in [3.63, 3.8) is 0 Å². The van der Waals surface area contributed by atoms with E-state index < -0.39 is 17.7 Å². The summed E-state index contributed by atoms with van der Waals surface area (Å²) in [6.07, 6.45) is 1.61. The van der Waals surface area contributed by atoms with Crippen LogP contribution in [0.25, 0.3) is 22.4 Å². The Kier molecular flexibility index (Phi) is 9.21. The molecule has 6 rings (SSSR count). The zero-order valence-corrected chi connectivity index (χ0v) is 29.7. The number of carboxylic acid groups (broad SMARTS) is 1. The molecule has 1 N–H and O–H groups in total. The zero-order chi connectivity index (χ0) is 35.1. The van der Waals surface area contributed by atoms with Crippen molar-refractivity contribution in [3.05, 3.63) is 88.2 Å². The first kappa shape index (κ1) is 34.1. The number of carboxylic acids is 1. The number of hydrogen-bond donors (Lipinski definition) is 1. The number of carbonyl (C=O) groups is 1. The minimum Gasteiger partial charge on any atom is -0.479 e. The lowest BCUT2D eigenvalue weighted by Gasteiger charge is -2.41.